The summed E-state index contributed by atoms with van der Waals surface area (Å²) >= 11 is 0. The standard InChI is InChI=1S/C16H13F3N2O.C8H6F3NO/c1-9-2-5-14(22)11(6-9)15-20-12-4-3-10(7-13(12)21-15)16(18,19)8-17;1-5(13)6-2-3-7(12-4-6)8(9,10)11/h2-7,22H,8H2,1H3,(H,20,21);2-4H,1H3. The molecule has 4 aromatic rings. The number of aromatic nitrogens is 3. The molecular weight excluding hydrogens is 476 g/mol. The lowest BCUT2D eigenvalue weighted by Crippen LogP contribution is -2.15. The molecule has 184 valence electrons. The molecule has 0 aliphatic heterocycles. The Morgan fingerprint density at radius 2 is 1.74 bits per heavy atom. The summed E-state index contributed by atoms with van der Waals surface area (Å²) in [4.78, 5) is 21.0. The number of phenolic OH excluding ortho intramolecular Hbond substituents is 1. The van der Waals surface area contributed by atoms with E-state index in [0.29, 0.717) is 22.4 Å². The molecule has 2 aromatic heterocycles. The molecule has 0 fully saturated rings. The second kappa shape index (κ2) is 9.77. The van der Waals surface area contributed by atoms with E-state index < -0.39 is 30.0 Å². The molecule has 0 aliphatic rings. The van der Waals surface area contributed by atoms with Crippen molar-refractivity contribution in [3.63, 3.8) is 0 Å². The average Bonchev–Trinajstić information content (AvgIpc) is 3.24. The van der Waals surface area contributed by atoms with Gasteiger partial charge in [0.2, 0.25) is 0 Å². The SMILES string of the molecule is CC(=O)c1ccc(C(F)(F)F)nc1.Cc1ccc(O)c(-c2nc3ccc(C(F)(F)CF)cc3[nH]2)c1. The van der Waals surface area contributed by atoms with E-state index in [1.54, 1.807) is 18.2 Å². The van der Waals surface area contributed by atoms with Gasteiger partial charge in [-0.15, -0.1) is 0 Å². The van der Waals surface area contributed by atoms with Gasteiger partial charge in [-0.2, -0.15) is 22.0 Å². The van der Waals surface area contributed by atoms with Gasteiger partial charge in [0.05, 0.1) is 16.6 Å². The van der Waals surface area contributed by atoms with Gasteiger partial charge in [-0.3, -0.25) is 9.78 Å². The quantitative estimate of drug-likeness (QED) is 0.247. The van der Waals surface area contributed by atoms with Gasteiger partial charge in [0.1, 0.15) is 17.3 Å². The first-order valence-corrected chi connectivity index (χ1v) is 10.1. The molecule has 2 heterocycles. The number of aryl methyl sites for hydroxylation is 1. The van der Waals surface area contributed by atoms with Gasteiger partial charge >= 0.3 is 12.1 Å². The first kappa shape index (κ1) is 25.7. The largest absolute Gasteiger partial charge is 0.507 e. The number of aromatic amines is 1. The lowest BCUT2D eigenvalue weighted by Gasteiger charge is -2.11. The number of rotatable bonds is 4. The molecule has 0 bridgehead atoms. The third kappa shape index (κ3) is 5.97. The van der Waals surface area contributed by atoms with E-state index in [4.69, 9.17) is 0 Å². The fraction of sp³-hybridized carbons (Fsp3) is 0.208. The van der Waals surface area contributed by atoms with Crippen LogP contribution >= 0.6 is 0 Å². The minimum absolute atomic E-state index is 0.0407. The molecule has 0 saturated heterocycles. The van der Waals surface area contributed by atoms with Gasteiger partial charge in [-0.05, 0) is 50.2 Å². The normalized spacial score (nSPS) is 11.8. The number of pyridine rings is 1. The molecule has 2 aromatic carbocycles. The van der Waals surface area contributed by atoms with Crippen LogP contribution in [0.15, 0.2) is 54.7 Å². The molecule has 0 amide bonds. The number of halogens is 6. The number of alkyl halides is 6. The molecule has 35 heavy (non-hydrogen) atoms. The lowest BCUT2D eigenvalue weighted by atomic mass is 10.1. The zero-order valence-electron chi connectivity index (χ0n) is 18.4. The first-order valence-electron chi connectivity index (χ1n) is 10.1. The van der Waals surface area contributed by atoms with Crippen molar-refractivity contribution in [2.75, 3.05) is 6.67 Å². The number of Topliss-reactive ketones (excluding diaryl/α,β-unsaturated/α-hetero) is 1. The van der Waals surface area contributed by atoms with Crippen LogP contribution < -0.4 is 0 Å². The zero-order chi connectivity index (χ0) is 26.0. The number of hydrogen-bond donors (Lipinski definition) is 2. The number of ketones is 1. The first-order chi connectivity index (χ1) is 16.3. The summed E-state index contributed by atoms with van der Waals surface area (Å²) in [6.07, 6.45) is -3.53. The van der Waals surface area contributed by atoms with E-state index in [1.807, 2.05) is 6.92 Å². The molecule has 0 saturated carbocycles. The van der Waals surface area contributed by atoms with Crippen LogP contribution in [0.2, 0.25) is 0 Å². The third-order valence-corrected chi connectivity index (χ3v) is 4.94. The van der Waals surface area contributed by atoms with Crippen molar-refractivity contribution in [3.8, 4) is 17.1 Å². The highest BCUT2D eigenvalue weighted by atomic mass is 19.4. The topological polar surface area (TPSA) is 78.9 Å². The van der Waals surface area contributed by atoms with Gasteiger partial charge in [-0.25, -0.2) is 9.37 Å². The van der Waals surface area contributed by atoms with Crippen LogP contribution in [0, 0.1) is 6.92 Å². The summed E-state index contributed by atoms with van der Waals surface area (Å²) in [7, 11) is 0. The highest BCUT2D eigenvalue weighted by molar-refractivity contribution is 5.93. The number of H-pyrrole nitrogens is 1. The van der Waals surface area contributed by atoms with E-state index in [2.05, 4.69) is 15.0 Å². The number of imidazole rings is 1. The summed E-state index contributed by atoms with van der Waals surface area (Å²) < 4.78 is 75.2. The number of nitrogens with one attached hydrogen (secondary N) is 1. The predicted octanol–water partition coefficient (Wildman–Crippen LogP) is 6.61. The summed E-state index contributed by atoms with van der Waals surface area (Å²) in [6.45, 7) is 1.38. The lowest BCUT2D eigenvalue weighted by molar-refractivity contribution is -0.141. The molecule has 0 radical (unpaired) electrons. The Labute approximate surface area is 195 Å². The molecule has 4 rings (SSSR count). The maximum absolute atomic E-state index is 13.4. The number of fused-ring (bicyclic) bond motifs is 1. The number of hydrogen-bond acceptors (Lipinski definition) is 4. The average molecular weight is 495 g/mol. The van der Waals surface area contributed by atoms with Gasteiger partial charge in [0, 0.05) is 17.3 Å². The molecule has 2 N–H and O–H groups in total. The molecule has 5 nitrogen and oxygen atoms in total. The van der Waals surface area contributed by atoms with Crippen LogP contribution in [-0.2, 0) is 12.1 Å². The van der Waals surface area contributed by atoms with E-state index in [9.17, 15) is 36.2 Å². The Hall–Kier alpha value is -3.89. The van der Waals surface area contributed by atoms with Crippen LogP contribution in [0.5, 0.6) is 5.75 Å². The van der Waals surface area contributed by atoms with E-state index in [1.165, 1.54) is 19.1 Å². The second-order valence-corrected chi connectivity index (χ2v) is 7.66. The molecular formula is C24H19F6N3O2. The summed E-state index contributed by atoms with van der Waals surface area (Å²) in [5.74, 6) is -3.41. The van der Waals surface area contributed by atoms with Crippen molar-refractivity contribution in [1.29, 1.82) is 0 Å². The van der Waals surface area contributed by atoms with Gasteiger partial charge in [0.15, 0.2) is 12.5 Å². The number of carbonyl (C=O) groups is 1. The highest BCUT2D eigenvalue weighted by Crippen LogP contribution is 2.33. The summed E-state index contributed by atoms with van der Waals surface area (Å²) in [5.41, 5.74) is 1.01. The van der Waals surface area contributed by atoms with Crippen molar-refractivity contribution in [2.45, 2.75) is 25.9 Å². The fourth-order valence-electron chi connectivity index (χ4n) is 3.05. The van der Waals surface area contributed by atoms with E-state index in [-0.39, 0.29) is 17.1 Å². The predicted molar refractivity (Wildman–Crippen MR) is 117 cm³/mol. The van der Waals surface area contributed by atoms with Crippen LogP contribution in [0.1, 0.15) is 34.1 Å². The van der Waals surface area contributed by atoms with E-state index >= 15 is 0 Å². The smallest absolute Gasteiger partial charge is 0.433 e. The highest BCUT2D eigenvalue weighted by Gasteiger charge is 2.32. The van der Waals surface area contributed by atoms with Crippen LogP contribution in [0.25, 0.3) is 22.4 Å². The summed E-state index contributed by atoms with van der Waals surface area (Å²) in [5, 5.41) is 9.91. The second-order valence-electron chi connectivity index (χ2n) is 7.66. The van der Waals surface area contributed by atoms with Gasteiger partial charge in [0.25, 0.3) is 0 Å². The van der Waals surface area contributed by atoms with E-state index in [0.717, 1.165) is 30.0 Å². The van der Waals surface area contributed by atoms with Crippen molar-refractivity contribution in [2.24, 2.45) is 0 Å². The van der Waals surface area contributed by atoms with Gasteiger partial charge in [-0.1, -0.05) is 17.7 Å². The Bertz CT molecular complexity index is 1350. The number of nitrogens with zero attached hydrogens (tertiary/aromatic N) is 2. The van der Waals surface area contributed by atoms with Crippen molar-refractivity contribution < 1.29 is 36.2 Å². The third-order valence-electron chi connectivity index (χ3n) is 4.94. The number of carbonyl (C=O) groups excluding carboxylic acids is 1. The number of benzene rings is 2. The monoisotopic (exact) mass is 495 g/mol. The number of aromatic hydroxyl groups is 1. The van der Waals surface area contributed by atoms with Gasteiger partial charge < -0.3 is 10.1 Å². The Morgan fingerprint density at radius 1 is 1.03 bits per heavy atom. The van der Waals surface area contributed by atoms with Crippen LogP contribution in [0.3, 0.4) is 0 Å². The molecule has 0 atom stereocenters. The molecule has 0 aliphatic carbocycles. The van der Waals surface area contributed by atoms with Crippen molar-refractivity contribution in [1.82, 2.24) is 15.0 Å². The molecule has 0 spiro atoms. The molecule has 11 heteroatoms. The number of phenols is 1. The summed E-state index contributed by atoms with van der Waals surface area (Å²) in [6, 6.07) is 10.7. The minimum atomic E-state index is -4.45. The van der Waals surface area contributed by atoms with Crippen molar-refractivity contribution >= 4 is 16.8 Å². The molecule has 0 unspecified atom stereocenters. The van der Waals surface area contributed by atoms with Crippen LogP contribution in [0.4, 0.5) is 26.3 Å². The Morgan fingerprint density at radius 3 is 2.31 bits per heavy atom. The zero-order valence-corrected chi connectivity index (χ0v) is 18.4. The maximum atomic E-state index is 13.4. The minimum Gasteiger partial charge on any atom is -0.507 e. The maximum Gasteiger partial charge on any atom is 0.433 e. The Balaban J connectivity index is 0.000000225. The fourth-order valence-corrected chi connectivity index (χ4v) is 3.05. The van der Waals surface area contributed by atoms with Crippen molar-refractivity contribution in [3.05, 3.63) is 77.1 Å². The van der Waals surface area contributed by atoms with Crippen LogP contribution in [-0.4, -0.2) is 32.5 Å². The Kier molecular flexibility index (Phi) is 7.18.